The molecule has 0 spiro atoms. The smallest absolute Gasteiger partial charge is 0.274 e. The summed E-state index contributed by atoms with van der Waals surface area (Å²) < 4.78 is 41.8. The van der Waals surface area contributed by atoms with Gasteiger partial charge in [0.25, 0.3) is 21.0 Å². The molecule has 3 rings (SSSR count). The molecule has 1 N–H and O–H groups in total. The van der Waals surface area contributed by atoms with E-state index < -0.39 is 21.0 Å². The number of rotatable bonds is 3. The van der Waals surface area contributed by atoms with Crippen LogP contribution in [0.3, 0.4) is 0 Å². The minimum atomic E-state index is -4.11. The van der Waals surface area contributed by atoms with Crippen LogP contribution in [0, 0.1) is 19.7 Å². The van der Waals surface area contributed by atoms with Crippen LogP contribution in [0.15, 0.2) is 35.6 Å². The largest absolute Gasteiger partial charge is 0.299 e. The quantitative estimate of drug-likeness (QED) is 0.793. The van der Waals surface area contributed by atoms with Gasteiger partial charge in [-0.3, -0.25) is 4.72 Å². The second-order valence-corrected chi connectivity index (χ2v) is 6.32. The number of halogens is 1. The van der Waals surface area contributed by atoms with Gasteiger partial charge in [-0.15, -0.1) is 5.10 Å². The third kappa shape index (κ3) is 2.50. The van der Waals surface area contributed by atoms with E-state index in [-0.39, 0.29) is 11.5 Å². The number of nitrogens with one attached hydrogen (secondary N) is 1. The average molecular weight is 321 g/mol. The van der Waals surface area contributed by atoms with Crippen molar-refractivity contribution in [1.82, 2.24) is 19.6 Å². The number of anilines is 1. The van der Waals surface area contributed by atoms with E-state index in [1.54, 1.807) is 32.2 Å². The molecule has 0 atom stereocenters. The first-order valence-corrected chi connectivity index (χ1v) is 7.83. The number of hydrogen-bond acceptors (Lipinski definition) is 5. The number of nitrogens with zero attached hydrogens (tertiary/aromatic N) is 4. The van der Waals surface area contributed by atoms with Gasteiger partial charge in [0.2, 0.25) is 0 Å². The van der Waals surface area contributed by atoms with Crippen molar-refractivity contribution in [3.8, 4) is 0 Å². The van der Waals surface area contributed by atoms with Gasteiger partial charge >= 0.3 is 0 Å². The Labute approximate surface area is 125 Å². The Kier molecular flexibility index (Phi) is 3.28. The van der Waals surface area contributed by atoms with Crippen molar-refractivity contribution in [3.05, 3.63) is 47.5 Å². The minimum Gasteiger partial charge on any atom is -0.274 e. The Morgan fingerprint density at radius 3 is 2.68 bits per heavy atom. The molecule has 3 aromatic rings. The molecule has 0 saturated carbocycles. The monoisotopic (exact) mass is 321 g/mol. The lowest BCUT2D eigenvalue weighted by Gasteiger charge is -2.08. The minimum absolute atomic E-state index is 0.120. The van der Waals surface area contributed by atoms with Crippen LogP contribution in [-0.4, -0.2) is 28.0 Å². The van der Waals surface area contributed by atoms with Crippen molar-refractivity contribution in [2.24, 2.45) is 0 Å². The molecule has 1 aromatic carbocycles. The molecule has 0 aliphatic rings. The predicted octanol–water partition coefficient (Wildman–Crippen LogP) is 1.68. The molecule has 0 fully saturated rings. The number of sulfonamides is 1. The standard InChI is InChI=1S/C13H12FN5O2S/c1-8-4-3-5-10(14)11(8)18-22(20,21)13-16-12-15-9(2)6-7-19(12)17-13/h3-7,18H,1-2H3. The summed E-state index contributed by atoms with van der Waals surface area (Å²) in [6.07, 6.45) is 1.55. The molecule has 2 aromatic heterocycles. The molecule has 0 unspecified atom stereocenters. The van der Waals surface area contributed by atoms with E-state index in [4.69, 9.17) is 0 Å². The molecule has 0 aliphatic carbocycles. The first-order valence-electron chi connectivity index (χ1n) is 6.35. The third-order valence-corrected chi connectivity index (χ3v) is 4.15. The van der Waals surface area contributed by atoms with E-state index >= 15 is 0 Å². The van der Waals surface area contributed by atoms with Gasteiger partial charge in [0, 0.05) is 11.9 Å². The lowest BCUT2D eigenvalue weighted by Crippen LogP contribution is -2.16. The summed E-state index contributed by atoms with van der Waals surface area (Å²) in [4.78, 5) is 7.94. The molecule has 22 heavy (non-hydrogen) atoms. The van der Waals surface area contributed by atoms with Crippen LogP contribution in [0.4, 0.5) is 10.1 Å². The van der Waals surface area contributed by atoms with E-state index in [0.717, 1.165) is 0 Å². The van der Waals surface area contributed by atoms with Crippen molar-refractivity contribution in [2.75, 3.05) is 4.72 Å². The van der Waals surface area contributed by atoms with Gasteiger partial charge in [0.1, 0.15) is 5.82 Å². The zero-order valence-corrected chi connectivity index (χ0v) is 12.6. The lowest BCUT2D eigenvalue weighted by molar-refractivity contribution is 0.590. The van der Waals surface area contributed by atoms with Crippen molar-refractivity contribution in [1.29, 1.82) is 0 Å². The summed E-state index contributed by atoms with van der Waals surface area (Å²) in [5.74, 6) is -0.507. The number of benzene rings is 1. The van der Waals surface area contributed by atoms with Gasteiger partial charge in [0.15, 0.2) is 0 Å². The summed E-state index contributed by atoms with van der Waals surface area (Å²) in [6.45, 7) is 3.35. The molecule has 9 heteroatoms. The first kappa shape index (κ1) is 14.4. The Morgan fingerprint density at radius 2 is 1.95 bits per heavy atom. The highest BCUT2D eigenvalue weighted by Gasteiger charge is 2.23. The van der Waals surface area contributed by atoms with Crippen molar-refractivity contribution in [3.63, 3.8) is 0 Å². The number of aromatic nitrogens is 4. The topological polar surface area (TPSA) is 89.3 Å². The van der Waals surface area contributed by atoms with E-state index in [9.17, 15) is 12.8 Å². The summed E-state index contributed by atoms with van der Waals surface area (Å²) in [7, 11) is -4.11. The van der Waals surface area contributed by atoms with Crippen LogP contribution in [0.25, 0.3) is 5.78 Å². The molecule has 0 amide bonds. The average Bonchev–Trinajstić information content (AvgIpc) is 2.87. The fraction of sp³-hybridized carbons (Fsp3) is 0.154. The van der Waals surface area contributed by atoms with Gasteiger partial charge < -0.3 is 0 Å². The Balaban J connectivity index is 2.05. The molecule has 0 bridgehead atoms. The second kappa shape index (κ2) is 5.02. The zero-order valence-electron chi connectivity index (χ0n) is 11.8. The Bertz CT molecular complexity index is 947. The van der Waals surface area contributed by atoms with Crippen LogP contribution in [0.2, 0.25) is 0 Å². The summed E-state index contributed by atoms with van der Waals surface area (Å²) >= 11 is 0. The van der Waals surface area contributed by atoms with Crippen molar-refractivity contribution < 1.29 is 12.8 Å². The molecule has 0 saturated heterocycles. The summed E-state index contributed by atoms with van der Waals surface area (Å²) in [5, 5.41) is 3.39. The number of hydrogen-bond donors (Lipinski definition) is 1. The van der Waals surface area contributed by atoms with Gasteiger partial charge in [-0.05, 0) is 31.5 Å². The SMILES string of the molecule is Cc1ccn2nc(S(=O)(=O)Nc3c(C)cccc3F)nc2n1. The van der Waals surface area contributed by atoms with Gasteiger partial charge in [-0.25, -0.2) is 13.9 Å². The van der Waals surface area contributed by atoms with Crippen LogP contribution in [0.1, 0.15) is 11.3 Å². The third-order valence-electron chi connectivity index (χ3n) is 3.03. The maximum absolute atomic E-state index is 13.8. The summed E-state index contributed by atoms with van der Waals surface area (Å²) in [5.41, 5.74) is 1.02. The van der Waals surface area contributed by atoms with Gasteiger partial charge in [-0.2, -0.15) is 13.4 Å². The second-order valence-electron chi connectivity index (χ2n) is 4.75. The van der Waals surface area contributed by atoms with E-state index in [0.29, 0.717) is 11.3 Å². The number of fused-ring (bicyclic) bond motifs is 1. The molecule has 114 valence electrons. The predicted molar refractivity (Wildman–Crippen MR) is 77.5 cm³/mol. The van der Waals surface area contributed by atoms with E-state index in [1.165, 1.54) is 16.6 Å². The van der Waals surface area contributed by atoms with Crippen molar-refractivity contribution >= 4 is 21.5 Å². The molecular weight excluding hydrogens is 309 g/mol. The highest BCUT2D eigenvalue weighted by molar-refractivity contribution is 7.92. The fourth-order valence-electron chi connectivity index (χ4n) is 1.90. The highest BCUT2D eigenvalue weighted by atomic mass is 32.2. The Morgan fingerprint density at radius 1 is 1.18 bits per heavy atom. The Hall–Kier alpha value is -2.55. The molecule has 0 aliphatic heterocycles. The highest BCUT2D eigenvalue weighted by Crippen LogP contribution is 2.21. The van der Waals surface area contributed by atoms with Crippen LogP contribution in [-0.2, 0) is 10.0 Å². The lowest BCUT2D eigenvalue weighted by atomic mass is 10.2. The molecule has 2 heterocycles. The first-order chi connectivity index (χ1) is 10.4. The number of aryl methyl sites for hydroxylation is 2. The van der Waals surface area contributed by atoms with Crippen LogP contribution >= 0.6 is 0 Å². The van der Waals surface area contributed by atoms with Crippen molar-refractivity contribution in [2.45, 2.75) is 19.0 Å². The van der Waals surface area contributed by atoms with E-state index in [1.807, 2.05) is 0 Å². The normalized spacial score (nSPS) is 11.8. The molecule has 7 nitrogen and oxygen atoms in total. The number of para-hydroxylation sites is 1. The fourth-order valence-corrected chi connectivity index (χ4v) is 2.92. The molecular formula is C13H12FN5O2S. The van der Waals surface area contributed by atoms with Crippen LogP contribution < -0.4 is 4.72 Å². The van der Waals surface area contributed by atoms with Gasteiger partial charge in [-0.1, -0.05) is 12.1 Å². The maximum Gasteiger partial charge on any atom is 0.299 e. The summed E-state index contributed by atoms with van der Waals surface area (Å²) in [6, 6.07) is 5.95. The van der Waals surface area contributed by atoms with E-state index in [2.05, 4.69) is 19.8 Å². The van der Waals surface area contributed by atoms with Crippen LogP contribution in [0.5, 0.6) is 0 Å². The maximum atomic E-state index is 13.8. The zero-order chi connectivity index (χ0) is 15.9. The van der Waals surface area contributed by atoms with Gasteiger partial charge in [0.05, 0.1) is 5.69 Å². The molecule has 0 radical (unpaired) electrons.